The summed E-state index contributed by atoms with van der Waals surface area (Å²) in [6.07, 6.45) is -1.19. The highest BCUT2D eigenvalue weighted by molar-refractivity contribution is 9.11. The lowest BCUT2D eigenvalue weighted by molar-refractivity contribution is -0.00633. The first-order chi connectivity index (χ1) is 11.3. The summed E-state index contributed by atoms with van der Waals surface area (Å²) in [5.74, 6) is 0. The van der Waals surface area contributed by atoms with Crippen molar-refractivity contribution in [1.82, 2.24) is 0 Å². The molecule has 3 rings (SSSR count). The van der Waals surface area contributed by atoms with Crippen LogP contribution in [0.1, 0.15) is 27.6 Å². The molecule has 1 aliphatic carbocycles. The SMILES string of the molecule is CS(=O)(=O)c1ccc(Br)c2c1[C@H](OCc1ccccc1)[C@H](F)[C@H]2Br. The highest BCUT2D eigenvalue weighted by Crippen LogP contribution is 2.52. The van der Waals surface area contributed by atoms with Crippen LogP contribution >= 0.6 is 31.9 Å². The molecule has 0 spiro atoms. The topological polar surface area (TPSA) is 43.4 Å². The first-order valence-electron chi connectivity index (χ1n) is 7.26. The monoisotopic (exact) mass is 476 g/mol. The Hall–Kier alpha value is -0.760. The largest absolute Gasteiger partial charge is 0.366 e. The lowest BCUT2D eigenvalue weighted by Gasteiger charge is -2.18. The number of halogens is 3. The zero-order valence-corrected chi connectivity index (χ0v) is 16.7. The quantitative estimate of drug-likeness (QED) is 0.588. The van der Waals surface area contributed by atoms with Gasteiger partial charge < -0.3 is 4.74 Å². The molecule has 0 fully saturated rings. The Bertz CT molecular complexity index is 856. The van der Waals surface area contributed by atoms with E-state index in [-0.39, 0.29) is 11.5 Å². The van der Waals surface area contributed by atoms with Crippen LogP contribution in [0.2, 0.25) is 0 Å². The van der Waals surface area contributed by atoms with Crippen LogP contribution in [-0.2, 0) is 21.2 Å². The molecule has 0 heterocycles. The fourth-order valence-corrected chi connectivity index (χ4v) is 5.51. The number of benzene rings is 2. The zero-order valence-electron chi connectivity index (χ0n) is 12.7. The van der Waals surface area contributed by atoms with Gasteiger partial charge in [-0.05, 0) is 23.3 Å². The number of hydrogen-bond acceptors (Lipinski definition) is 3. The molecule has 2 aromatic carbocycles. The van der Waals surface area contributed by atoms with Gasteiger partial charge in [0.1, 0.15) is 12.3 Å². The summed E-state index contributed by atoms with van der Waals surface area (Å²) in [4.78, 5) is -0.507. The van der Waals surface area contributed by atoms with Gasteiger partial charge in [0.25, 0.3) is 0 Å². The van der Waals surface area contributed by atoms with Gasteiger partial charge in [0.2, 0.25) is 0 Å². The molecule has 3 atom stereocenters. The molecule has 1 aliphatic rings. The van der Waals surface area contributed by atoms with E-state index in [0.29, 0.717) is 15.6 Å². The molecule has 0 bridgehead atoms. The predicted molar refractivity (Wildman–Crippen MR) is 97.8 cm³/mol. The van der Waals surface area contributed by atoms with Crippen molar-refractivity contribution in [2.45, 2.75) is 28.6 Å². The first kappa shape index (κ1) is 18.0. The molecular weight excluding hydrogens is 463 g/mol. The van der Waals surface area contributed by atoms with E-state index < -0.39 is 26.9 Å². The smallest absolute Gasteiger partial charge is 0.175 e. The summed E-state index contributed by atoms with van der Waals surface area (Å²) in [7, 11) is -3.50. The third-order valence-electron chi connectivity index (χ3n) is 3.99. The lowest BCUT2D eigenvalue weighted by atomic mass is 10.1. The van der Waals surface area contributed by atoms with Crippen molar-refractivity contribution in [1.29, 1.82) is 0 Å². The molecule has 24 heavy (non-hydrogen) atoms. The van der Waals surface area contributed by atoms with Crippen LogP contribution in [0.15, 0.2) is 51.8 Å². The van der Waals surface area contributed by atoms with Crippen LogP contribution in [0.5, 0.6) is 0 Å². The first-order valence-corrected chi connectivity index (χ1v) is 10.9. The fourth-order valence-electron chi connectivity index (χ4n) is 2.89. The summed E-state index contributed by atoms with van der Waals surface area (Å²) in [6.45, 7) is 0.209. The molecule has 0 saturated carbocycles. The molecule has 0 unspecified atom stereocenters. The summed E-state index contributed by atoms with van der Waals surface area (Å²) in [5, 5.41) is 0. The molecule has 0 aromatic heterocycles. The lowest BCUT2D eigenvalue weighted by Crippen LogP contribution is -2.15. The van der Waals surface area contributed by atoms with Crippen molar-refractivity contribution in [3.05, 3.63) is 63.6 Å². The van der Waals surface area contributed by atoms with E-state index in [1.807, 2.05) is 30.3 Å². The summed E-state index contributed by atoms with van der Waals surface area (Å²) in [5.41, 5.74) is 1.90. The van der Waals surface area contributed by atoms with Crippen LogP contribution in [-0.4, -0.2) is 20.8 Å². The van der Waals surface area contributed by atoms with Crippen molar-refractivity contribution in [2.75, 3.05) is 6.26 Å². The third kappa shape index (κ3) is 3.31. The van der Waals surface area contributed by atoms with Gasteiger partial charge in [0, 0.05) is 16.3 Å². The zero-order chi connectivity index (χ0) is 17.5. The van der Waals surface area contributed by atoms with Gasteiger partial charge in [-0.2, -0.15) is 0 Å². The molecule has 0 saturated heterocycles. The minimum Gasteiger partial charge on any atom is -0.366 e. The van der Waals surface area contributed by atoms with Crippen LogP contribution in [0, 0.1) is 0 Å². The van der Waals surface area contributed by atoms with Gasteiger partial charge in [-0.3, -0.25) is 0 Å². The van der Waals surface area contributed by atoms with Crippen LogP contribution in [0.3, 0.4) is 0 Å². The number of sulfone groups is 1. The second-order valence-corrected chi connectivity index (χ2v) is 9.53. The summed E-state index contributed by atoms with van der Waals surface area (Å²) >= 11 is 6.73. The summed E-state index contributed by atoms with van der Waals surface area (Å²) in [6, 6.07) is 12.5. The highest BCUT2D eigenvalue weighted by Gasteiger charge is 2.44. The Labute approximate surface area is 157 Å². The number of hydrogen-bond donors (Lipinski definition) is 0. The van der Waals surface area contributed by atoms with E-state index in [1.54, 1.807) is 6.07 Å². The Morgan fingerprint density at radius 1 is 1.12 bits per heavy atom. The molecule has 0 radical (unpaired) electrons. The molecule has 0 aliphatic heterocycles. The van der Waals surface area contributed by atoms with E-state index in [1.165, 1.54) is 6.07 Å². The van der Waals surface area contributed by atoms with E-state index in [4.69, 9.17) is 4.74 Å². The van der Waals surface area contributed by atoms with Crippen molar-refractivity contribution in [3.63, 3.8) is 0 Å². The van der Waals surface area contributed by atoms with E-state index in [0.717, 1.165) is 11.8 Å². The van der Waals surface area contributed by atoms with Crippen LogP contribution in [0.4, 0.5) is 4.39 Å². The van der Waals surface area contributed by atoms with Gasteiger partial charge >= 0.3 is 0 Å². The number of fused-ring (bicyclic) bond motifs is 1. The van der Waals surface area contributed by atoms with Crippen molar-refractivity contribution in [2.24, 2.45) is 0 Å². The molecule has 3 nitrogen and oxygen atoms in total. The predicted octanol–water partition coefficient (Wildman–Crippen LogP) is 4.90. The Morgan fingerprint density at radius 2 is 1.79 bits per heavy atom. The molecule has 128 valence electrons. The normalized spacial score (nSPS) is 23.2. The highest BCUT2D eigenvalue weighted by atomic mass is 79.9. The van der Waals surface area contributed by atoms with Gasteiger partial charge in [0.15, 0.2) is 9.84 Å². The fraction of sp³-hybridized carbons (Fsp3) is 0.294. The summed E-state index contributed by atoms with van der Waals surface area (Å²) < 4.78 is 45.6. The van der Waals surface area contributed by atoms with Gasteiger partial charge in [0.05, 0.1) is 16.3 Å². The second-order valence-electron chi connectivity index (χ2n) is 5.71. The van der Waals surface area contributed by atoms with Gasteiger partial charge in [-0.1, -0.05) is 62.2 Å². The average molecular weight is 478 g/mol. The van der Waals surface area contributed by atoms with Gasteiger partial charge in [-0.25, -0.2) is 12.8 Å². The maximum atomic E-state index is 14.8. The maximum Gasteiger partial charge on any atom is 0.175 e. The molecule has 2 aromatic rings. The Morgan fingerprint density at radius 3 is 2.42 bits per heavy atom. The Balaban J connectivity index is 2.03. The second kappa shape index (κ2) is 6.86. The van der Waals surface area contributed by atoms with Gasteiger partial charge in [-0.15, -0.1) is 0 Å². The third-order valence-corrected chi connectivity index (χ3v) is 6.80. The molecular formula is C17H15Br2FO3S. The van der Waals surface area contributed by atoms with Crippen molar-refractivity contribution in [3.8, 4) is 0 Å². The van der Waals surface area contributed by atoms with Crippen LogP contribution < -0.4 is 0 Å². The van der Waals surface area contributed by atoms with E-state index in [9.17, 15) is 12.8 Å². The van der Waals surface area contributed by atoms with E-state index in [2.05, 4.69) is 31.9 Å². The minimum atomic E-state index is -3.50. The molecule has 0 amide bonds. The Kier molecular flexibility index (Phi) is 5.16. The number of alkyl halides is 2. The standard InChI is InChI=1S/C17H15Br2FO3S/c1-24(21,22)12-8-7-11(18)13-14(12)17(16(20)15(13)19)23-9-10-5-3-2-4-6-10/h2-8,15-17H,9H2,1H3/t15-,16+,17-/m0/s1. The molecule has 0 N–H and O–H groups in total. The van der Waals surface area contributed by atoms with E-state index >= 15 is 0 Å². The van der Waals surface area contributed by atoms with Crippen molar-refractivity contribution < 1.29 is 17.5 Å². The van der Waals surface area contributed by atoms with Crippen LogP contribution in [0.25, 0.3) is 0 Å². The maximum absolute atomic E-state index is 14.8. The average Bonchev–Trinajstić information content (AvgIpc) is 2.78. The molecule has 7 heteroatoms. The number of ether oxygens (including phenoxy) is 1. The van der Waals surface area contributed by atoms with Crippen molar-refractivity contribution >= 4 is 41.7 Å². The minimum absolute atomic E-state index is 0.114. The number of rotatable bonds is 4.